The summed E-state index contributed by atoms with van der Waals surface area (Å²) in [5, 5.41) is 8.94. The highest BCUT2D eigenvalue weighted by Gasteiger charge is 2.14. The van der Waals surface area contributed by atoms with E-state index in [9.17, 15) is 4.39 Å². The third kappa shape index (κ3) is 1.93. The van der Waals surface area contributed by atoms with Crippen LogP contribution in [0.25, 0.3) is 16.9 Å². The van der Waals surface area contributed by atoms with E-state index in [1.54, 1.807) is 28.9 Å². The Morgan fingerprint density at radius 2 is 2.21 bits per heavy atom. The Kier molecular flexibility index (Phi) is 2.69. The first-order valence-electron chi connectivity index (χ1n) is 5.73. The molecule has 0 N–H and O–H groups in total. The first-order chi connectivity index (χ1) is 9.29. The summed E-state index contributed by atoms with van der Waals surface area (Å²) in [7, 11) is 0. The van der Waals surface area contributed by atoms with Gasteiger partial charge in [-0.25, -0.2) is 9.37 Å². The number of pyridine rings is 2. The molecule has 3 aromatic heterocycles. The van der Waals surface area contributed by atoms with Gasteiger partial charge >= 0.3 is 0 Å². The standard InChI is InChI=1S/C14H9FN4/c15-11-3-4-13-18-14(10-2-1-7-17-8-10)12(5-6-16)19(13)9-11/h1-4,7-9H,5H2. The molecule has 0 aromatic carbocycles. The van der Waals surface area contributed by atoms with Crippen LogP contribution in [0.2, 0.25) is 0 Å². The summed E-state index contributed by atoms with van der Waals surface area (Å²) in [6, 6.07) is 8.70. The number of halogens is 1. The number of aromatic nitrogens is 3. The monoisotopic (exact) mass is 252 g/mol. The first kappa shape index (κ1) is 11.4. The molecule has 92 valence electrons. The fourth-order valence-electron chi connectivity index (χ4n) is 2.05. The number of hydrogen-bond acceptors (Lipinski definition) is 3. The lowest BCUT2D eigenvalue weighted by Gasteiger charge is -2.00. The Labute approximate surface area is 108 Å². The maximum Gasteiger partial charge on any atom is 0.139 e. The van der Waals surface area contributed by atoms with E-state index < -0.39 is 0 Å². The largest absolute Gasteiger partial charge is 0.299 e. The highest BCUT2D eigenvalue weighted by Crippen LogP contribution is 2.24. The van der Waals surface area contributed by atoms with Crippen molar-refractivity contribution in [3.05, 3.63) is 54.4 Å². The molecule has 0 unspecified atom stereocenters. The normalized spacial score (nSPS) is 10.5. The smallest absolute Gasteiger partial charge is 0.139 e. The van der Waals surface area contributed by atoms with Crippen molar-refractivity contribution in [2.75, 3.05) is 0 Å². The Bertz CT molecular complexity index is 771. The van der Waals surface area contributed by atoms with Crippen molar-refractivity contribution in [2.24, 2.45) is 0 Å². The molecule has 0 atom stereocenters. The lowest BCUT2D eigenvalue weighted by molar-refractivity contribution is 0.618. The highest BCUT2D eigenvalue weighted by atomic mass is 19.1. The minimum Gasteiger partial charge on any atom is -0.299 e. The van der Waals surface area contributed by atoms with Gasteiger partial charge < -0.3 is 0 Å². The van der Waals surface area contributed by atoms with Crippen LogP contribution < -0.4 is 0 Å². The van der Waals surface area contributed by atoms with Crippen LogP contribution in [-0.4, -0.2) is 14.4 Å². The zero-order valence-corrected chi connectivity index (χ0v) is 9.92. The van der Waals surface area contributed by atoms with Crippen molar-refractivity contribution in [1.82, 2.24) is 14.4 Å². The molecule has 0 aliphatic heterocycles. The number of nitriles is 1. The van der Waals surface area contributed by atoms with Crippen LogP contribution in [0.3, 0.4) is 0 Å². The van der Waals surface area contributed by atoms with Gasteiger partial charge in [-0.3, -0.25) is 9.38 Å². The molecular formula is C14H9FN4. The van der Waals surface area contributed by atoms with Crippen molar-refractivity contribution < 1.29 is 4.39 Å². The van der Waals surface area contributed by atoms with E-state index in [0.29, 0.717) is 17.0 Å². The van der Waals surface area contributed by atoms with Crippen molar-refractivity contribution in [2.45, 2.75) is 6.42 Å². The second kappa shape index (κ2) is 4.50. The molecule has 3 heterocycles. The molecule has 0 bridgehead atoms. The van der Waals surface area contributed by atoms with Crippen LogP contribution in [0, 0.1) is 17.1 Å². The summed E-state index contributed by atoms with van der Waals surface area (Å²) in [6.07, 6.45) is 4.85. The summed E-state index contributed by atoms with van der Waals surface area (Å²) in [5.41, 5.74) is 2.77. The molecule has 3 aromatic rings. The van der Waals surface area contributed by atoms with Crippen LogP contribution in [0.1, 0.15) is 5.69 Å². The molecule has 0 spiro atoms. The molecule has 0 aliphatic carbocycles. The maximum atomic E-state index is 13.3. The van der Waals surface area contributed by atoms with Gasteiger partial charge in [-0.1, -0.05) is 0 Å². The molecule has 19 heavy (non-hydrogen) atoms. The number of imidazole rings is 1. The van der Waals surface area contributed by atoms with Gasteiger partial charge in [0.1, 0.15) is 11.5 Å². The van der Waals surface area contributed by atoms with Crippen LogP contribution in [0.5, 0.6) is 0 Å². The number of fused-ring (bicyclic) bond motifs is 1. The van der Waals surface area contributed by atoms with Crippen molar-refractivity contribution in [1.29, 1.82) is 5.26 Å². The summed E-state index contributed by atoms with van der Waals surface area (Å²) < 4.78 is 14.9. The second-order valence-corrected chi connectivity index (χ2v) is 4.06. The SMILES string of the molecule is N#CCc1c(-c2cccnc2)nc2ccc(F)cn12. The highest BCUT2D eigenvalue weighted by molar-refractivity contribution is 5.66. The quantitative estimate of drug-likeness (QED) is 0.704. The number of nitrogens with zero attached hydrogens (tertiary/aromatic N) is 4. The maximum absolute atomic E-state index is 13.3. The molecule has 0 aliphatic rings. The molecular weight excluding hydrogens is 243 g/mol. The van der Waals surface area contributed by atoms with Crippen molar-refractivity contribution in [3.8, 4) is 17.3 Å². The predicted molar refractivity (Wildman–Crippen MR) is 67.7 cm³/mol. The molecule has 4 nitrogen and oxygen atoms in total. The van der Waals surface area contributed by atoms with Gasteiger partial charge in [-0.05, 0) is 24.3 Å². The number of hydrogen-bond donors (Lipinski definition) is 0. The van der Waals surface area contributed by atoms with Crippen LogP contribution in [0.4, 0.5) is 4.39 Å². The third-order valence-corrected chi connectivity index (χ3v) is 2.86. The lowest BCUT2D eigenvalue weighted by Crippen LogP contribution is -1.94. The average Bonchev–Trinajstić information content (AvgIpc) is 2.79. The van der Waals surface area contributed by atoms with E-state index in [1.165, 1.54) is 12.3 Å². The van der Waals surface area contributed by atoms with Crippen LogP contribution in [-0.2, 0) is 6.42 Å². The van der Waals surface area contributed by atoms with Gasteiger partial charge in [0.15, 0.2) is 0 Å². The fraction of sp³-hybridized carbons (Fsp3) is 0.0714. The molecule has 0 fully saturated rings. The first-order valence-corrected chi connectivity index (χ1v) is 5.73. The molecule has 5 heteroatoms. The van der Waals surface area contributed by atoms with E-state index in [-0.39, 0.29) is 12.2 Å². The van der Waals surface area contributed by atoms with Crippen LogP contribution in [0.15, 0.2) is 42.9 Å². The molecule has 0 saturated heterocycles. The minimum absolute atomic E-state index is 0.162. The van der Waals surface area contributed by atoms with E-state index in [2.05, 4.69) is 16.0 Å². The van der Waals surface area contributed by atoms with Gasteiger partial charge in [0.25, 0.3) is 0 Å². The Hall–Kier alpha value is -2.74. The van der Waals surface area contributed by atoms with Gasteiger partial charge in [-0.15, -0.1) is 0 Å². The van der Waals surface area contributed by atoms with E-state index in [0.717, 1.165) is 5.56 Å². The summed E-state index contributed by atoms with van der Waals surface area (Å²) in [6.45, 7) is 0. The van der Waals surface area contributed by atoms with E-state index in [4.69, 9.17) is 5.26 Å². The molecule has 0 amide bonds. The topological polar surface area (TPSA) is 54.0 Å². The predicted octanol–water partition coefficient (Wildman–Crippen LogP) is 2.60. The summed E-state index contributed by atoms with van der Waals surface area (Å²) in [5.74, 6) is -0.359. The molecule has 0 radical (unpaired) electrons. The third-order valence-electron chi connectivity index (χ3n) is 2.86. The van der Waals surface area contributed by atoms with Gasteiger partial charge in [-0.2, -0.15) is 5.26 Å². The Morgan fingerprint density at radius 3 is 2.95 bits per heavy atom. The average molecular weight is 252 g/mol. The van der Waals surface area contributed by atoms with Gasteiger partial charge in [0.05, 0.1) is 23.9 Å². The van der Waals surface area contributed by atoms with Crippen molar-refractivity contribution >= 4 is 5.65 Å². The number of rotatable bonds is 2. The summed E-state index contributed by atoms with van der Waals surface area (Å²) in [4.78, 5) is 8.49. The van der Waals surface area contributed by atoms with Gasteiger partial charge in [0, 0.05) is 24.2 Å². The Morgan fingerprint density at radius 1 is 1.32 bits per heavy atom. The van der Waals surface area contributed by atoms with Crippen molar-refractivity contribution in [3.63, 3.8) is 0 Å². The Balaban J connectivity index is 2.30. The lowest BCUT2D eigenvalue weighted by atomic mass is 10.1. The van der Waals surface area contributed by atoms with E-state index >= 15 is 0 Å². The molecule has 0 saturated carbocycles. The fourth-order valence-corrected chi connectivity index (χ4v) is 2.05. The second-order valence-electron chi connectivity index (χ2n) is 4.06. The minimum atomic E-state index is -0.359. The zero-order chi connectivity index (χ0) is 13.2. The van der Waals surface area contributed by atoms with Gasteiger partial charge in [0.2, 0.25) is 0 Å². The molecule has 3 rings (SSSR count). The summed E-state index contributed by atoms with van der Waals surface area (Å²) >= 11 is 0. The zero-order valence-electron chi connectivity index (χ0n) is 9.92. The van der Waals surface area contributed by atoms with Crippen LogP contribution >= 0.6 is 0 Å². The van der Waals surface area contributed by atoms with E-state index in [1.807, 2.05) is 6.07 Å².